The Balaban J connectivity index is 2.36. The topological polar surface area (TPSA) is 60.7 Å². The monoisotopic (exact) mass is 392 g/mol. The summed E-state index contributed by atoms with van der Waals surface area (Å²) in [4.78, 5) is 0. The van der Waals surface area contributed by atoms with Gasteiger partial charge >= 0.3 is 0 Å². The van der Waals surface area contributed by atoms with E-state index in [2.05, 4.69) is 13.8 Å². The third kappa shape index (κ3) is 8.03. The van der Waals surface area contributed by atoms with Crippen LogP contribution in [0.25, 0.3) is 0 Å². The molecule has 1 atom stereocenters. The highest BCUT2D eigenvalue weighted by Gasteiger charge is 2.18. The Kier molecular flexibility index (Phi) is 12.3. The van der Waals surface area contributed by atoms with Gasteiger partial charge in [-0.15, -0.1) is 0 Å². The predicted molar refractivity (Wildman–Crippen MR) is 119 cm³/mol. The van der Waals surface area contributed by atoms with E-state index in [0.29, 0.717) is 11.5 Å². The van der Waals surface area contributed by atoms with E-state index in [1.165, 1.54) is 32.1 Å². The predicted octanol–water partition coefficient (Wildman–Crippen LogP) is 6.88. The third-order valence-electron chi connectivity index (χ3n) is 6.06. The zero-order valence-corrected chi connectivity index (χ0v) is 18.8. The lowest BCUT2D eigenvalue weighted by Crippen LogP contribution is -2.06. The van der Waals surface area contributed by atoms with Gasteiger partial charge in [0.1, 0.15) is 11.5 Å². The van der Waals surface area contributed by atoms with Gasteiger partial charge in [-0.1, -0.05) is 71.6 Å². The number of aliphatic hydroxyl groups excluding tert-OH is 1. The molecule has 0 radical (unpaired) electrons. The number of phenolic OH excluding ortho intramolecular Hbond substituents is 2. The lowest BCUT2D eigenvalue weighted by Gasteiger charge is -2.18. The molecular weight excluding hydrogens is 348 g/mol. The highest BCUT2D eigenvalue weighted by molar-refractivity contribution is 5.57. The van der Waals surface area contributed by atoms with Crippen LogP contribution in [0.15, 0.2) is 0 Å². The molecule has 162 valence electrons. The maximum atomic E-state index is 10.6. The van der Waals surface area contributed by atoms with E-state index in [0.717, 1.165) is 80.0 Å². The van der Waals surface area contributed by atoms with Gasteiger partial charge < -0.3 is 15.3 Å². The standard InChI is InChI=1S/C25H44O3/c1-5-7-8-9-10-12-16-21(26)17-13-11-14-18-23-22(15-6-2)24(27)19(3)20(4)25(23)28/h21,26-28H,5-18H2,1-4H3. The van der Waals surface area contributed by atoms with Gasteiger partial charge in [-0.25, -0.2) is 0 Å². The molecule has 0 heterocycles. The number of phenols is 2. The van der Waals surface area contributed by atoms with Crippen LogP contribution in [0.4, 0.5) is 0 Å². The SMILES string of the molecule is CCCCCCCCC(O)CCCCCc1c(O)c(C)c(C)c(O)c1CCC. The maximum absolute atomic E-state index is 10.6. The molecule has 0 aliphatic rings. The fourth-order valence-corrected chi connectivity index (χ4v) is 4.05. The summed E-state index contributed by atoms with van der Waals surface area (Å²) in [5.74, 6) is 0.725. The lowest BCUT2D eigenvalue weighted by molar-refractivity contribution is 0.147. The first-order valence-electron chi connectivity index (χ1n) is 11.6. The van der Waals surface area contributed by atoms with E-state index in [9.17, 15) is 15.3 Å². The molecule has 3 N–H and O–H groups in total. The van der Waals surface area contributed by atoms with E-state index in [1.807, 2.05) is 13.8 Å². The number of hydrogen-bond donors (Lipinski definition) is 3. The summed E-state index contributed by atoms with van der Waals surface area (Å²) in [7, 11) is 0. The Morgan fingerprint density at radius 2 is 1.07 bits per heavy atom. The summed E-state index contributed by atoms with van der Waals surface area (Å²) in [5.41, 5.74) is 3.44. The molecule has 3 nitrogen and oxygen atoms in total. The highest BCUT2D eigenvalue weighted by atomic mass is 16.3. The van der Waals surface area contributed by atoms with Crippen molar-refractivity contribution in [1.82, 2.24) is 0 Å². The number of benzene rings is 1. The molecule has 0 bridgehead atoms. The van der Waals surface area contributed by atoms with Gasteiger partial charge in [-0.05, 0) is 57.1 Å². The molecule has 28 heavy (non-hydrogen) atoms. The first-order chi connectivity index (χ1) is 13.4. The molecule has 0 aliphatic heterocycles. The molecule has 0 fully saturated rings. The Bertz CT molecular complexity index is 566. The second kappa shape index (κ2) is 13.9. The van der Waals surface area contributed by atoms with Crippen molar-refractivity contribution in [3.05, 3.63) is 22.3 Å². The van der Waals surface area contributed by atoms with Crippen LogP contribution >= 0.6 is 0 Å². The number of rotatable bonds is 15. The van der Waals surface area contributed by atoms with Gasteiger partial charge in [0.15, 0.2) is 0 Å². The zero-order chi connectivity index (χ0) is 20.9. The minimum Gasteiger partial charge on any atom is -0.507 e. The Labute approximate surface area is 173 Å². The van der Waals surface area contributed by atoms with Gasteiger partial charge in [0, 0.05) is 11.1 Å². The summed E-state index contributed by atoms with van der Waals surface area (Å²) in [6.45, 7) is 8.08. The smallest absolute Gasteiger partial charge is 0.122 e. The van der Waals surface area contributed by atoms with Crippen LogP contribution in [0, 0.1) is 13.8 Å². The van der Waals surface area contributed by atoms with E-state index in [-0.39, 0.29) is 6.10 Å². The van der Waals surface area contributed by atoms with Crippen molar-refractivity contribution in [2.75, 3.05) is 0 Å². The third-order valence-corrected chi connectivity index (χ3v) is 6.06. The molecule has 0 aliphatic carbocycles. The Morgan fingerprint density at radius 3 is 1.61 bits per heavy atom. The molecule has 1 rings (SSSR count). The van der Waals surface area contributed by atoms with E-state index >= 15 is 0 Å². The maximum Gasteiger partial charge on any atom is 0.122 e. The zero-order valence-electron chi connectivity index (χ0n) is 18.8. The average Bonchev–Trinajstić information content (AvgIpc) is 2.68. The molecule has 0 saturated heterocycles. The van der Waals surface area contributed by atoms with Gasteiger partial charge in [0.2, 0.25) is 0 Å². The van der Waals surface area contributed by atoms with Crippen molar-refractivity contribution in [1.29, 1.82) is 0 Å². The molecule has 0 spiro atoms. The number of hydrogen-bond acceptors (Lipinski definition) is 3. The Morgan fingerprint density at radius 1 is 0.607 bits per heavy atom. The van der Waals surface area contributed by atoms with Crippen LogP contribution in [-0.2, 0) is 12.8 Å². The van der Waals surface area contributed by atoms with Crippen LogP contribution in [0.1, 0.15) is 113 Å². The molecule has 1 aromatic rings. The van der Waals surface area contributed by atoms with Crippen molar-refractivity contribution in [2.24, 2.45) is 0 Å². The summed E-state index contributed by atoms with van der Waals surface area (Å²) in [6, 6.07) is 0. The number of unbranched alkanes of at least 4 members (excludes halogenated alkanes) is 7. The van der Waals surface area contributed by atoms with Crippen LogP contribution in [0.3, 0.4) is 0 Å². The fraction of sp³-hybridized carbons (Fsp3) is 0.760. The normalized spacial score (nSPS) is 12.5. The molecule has 1 unspecified atom stereocenters. The highest BCUT2D eigenvalue weighted by Crippen LogP contribution is 2.38. The first-order valence-corrected chi connectivity index (χ1v) is 11.6. The molecule has 0 saturated carbocycles. The number of aliphatic hydroxyl groups is 1. The number of aromatic hydroxyl groups is 2. The van der Waals surface area contributed by atoms with E-state index < -0.39 is 0 Å². The van der Waals surface area contributed by atoms with Crippen LogP contribution in [-0.4, -0.2) is 21.4 Å². The summed E-state index contributed by atoms with van der Waals surface area (Å²) < 4.78 is 0. The lowest BCUT2D eigenvalue weighted by atomic mass is 9.91. The van der Waals surface area contributed by atoms with Crippen molar-refractivity contribution in [3.8, 4) is 11.5 Å². The first kappa shape index (κ1) is 24.8. The fourth-order valence-electron chi connectivity index (χ4n) is 4.05. The van der Waals surface area contributed by atoms with Gasteiger partial charge in [-0.2, -0.15) is 0 Å². The molecule has 1 aromatic carbocycles. The Hall–Kier alpha value is -1.22. The van der Waals surface area contributed by atoms with Crippen LogP contribution in [0.2, 0.25) is 0 Å². The second-order valence-corrected chi connectivity index (χ2v) is 8.46. The van der Waals surface area contributed by atoms with Crippen LogP contribution < -0.4 is 0 Å². The van der Waals surface area contributed by atoms with Crippen molar-refractivity contribution in [2.45, 2.75) is 124 Å². The summed E-state index contributed by atoms with van der Waals surface area (Å²) in [5, 5.41) is 31.2. The minimum absolute atomic E-state index is 0.166. The van der Waals surface area contributed by atoms with Crippen LogP contribution in [0.5, 0.6) is 11.5 Å². The quantitative estimate of drug-likeness (QED) is 0.225. The second-order valence-electron chi connectivity index (χ2n) is 8.46. The molecular formula is C25H44O3. The molecule has 0 aromatic heterocycles. The molecule has 0 amide bonds. The minimum atomic E-state index is -0.166. The summed E-state index contributed by atoms with van der Waals surface area (Å²) in [6.07, 6.45) is 14.9. The van der Waals surface area contributed by atoms with Gasteiger partial charge in [0.25, 0.3) is 0 Å². The largest absolute Gasteiger partial charge is 0.507 e. The summed E-state index contributed by atoms with van der Waals surface area (Å²) >= 11 is 0. The van der Waals surface area contributed by atoms with E-state index in [4.69, 9.17) is 0 Å². The van der Waals surface area contributed by atoms with E-state index in [1.54, 1.807) is 0 Å². The average molecular weight is 393 g/mol. The van der Waals surface area contributed by atoms with Gasteiger partial charge in [0.05, 0.1) is 6.10 Å². The van der Waals surface area contributed by atoms with Crippen molar-refractivity contribution >= 4 is 0 Å². The molecule has 3 heteroatoms. The van der Waals surface area contributed by atoms with Crippen molar-refractivity contribution < 1.29 is 15.3 Å². The van der Waals surface area contributed by atoms with Gasteiger partial charge in [-0.3, -0.25) is 0 Å². The van der Waals surface area contributed by atoms with Crippen molar-refractivity contribution in [3.63, 3.8) is 0 Å².